The molecule has 0 radical (unpaired) electrons. The lowest BCUT2D eigenvalue weighted by molar-refractivity contribution is -0.137. The number of benzene rings is 1. The van der Waals surface area contributed by atoms with Crippen molar-refractivity contribution < 1.29 is 13.2 Å². The third-order valence-electron chi connectivity index (χ3n) is 4.74. The molecule has 0 aliphatic carbocycles. The molecule has 1 saturated heterocycles. The van der Waals surface area contributed by atoms with Crippen molar-refractivity contribution in [1.82, 2.24) is 35.4 Å². The minimum Gasteiger partial charge on any atom is -0.314 e. The fraction of sp³-hybridized carbons (Fsp3) is 0.333. The van der Waals surface area contributed by atoms with Gasteiger partial charge < -0.3 is 5.32 Å². The molecule has 3 aromatic rings. The van der Waals surface area contributed by atoms with Gasteiger partial charge in [0.1, 0.15) is 0 Å². The van der Waals surface area contributed by atoms with Crippen molar-refractivity contribution in [1.29, 1.82) is 0 Å². The summed E-state index contributed by atoms with van der Waals surface area (Å²) >= 11 is 0. The van der Waals surface area contributed by atoms with E-state index in [0.29, 0.717) is 18.1 Å². The van der Waals surface area contributed by atoms with E-state index in [9.17, 15) is 13.2 Å². The molecule has 10 heteroatoms. The van der Waals surface area contributed by atoms with Gasteiger partial charge in [-0.15, -0.1) is 5.10 Å². The Kier molecular flexibility index (Phi) is 5.05. The van der Waals surface area contributed by atoms with E-state index < -0.39 is 11.7 Å². The summed E-state index contributed by atoms with van der Waals surface area (Å²) in [6.07, 6.45) is -0.807. The Morgan fingerprint density at radius 3 is 2.68 bits per heavy atom. The number of pyridine rings is 1. The quantitative estimate of drug-likeness (QED) is 0.738. The van der Waals surface area contributed by atoms with Crippen LogP contribution in [0.1, 0.15) is 23.0 Å². The molecule has 1 unspecified atom stereocenters. The van der Waals surface area contributed by atoms with Crippen LogP contribution in [-0.2, 0) is 12.7 Å². The van der Waals surface area contributed by atoms with E-state index in [1.807, 2.05) is 18.3 Å². The lowest BCUT2D eigenvalue weighted by Gasteiger charge is -2.35. The predicted molar refractivity (Wildman–Crippen MR) is 94.4 cm³/mol. The number of alkyl halides is 3. The maximum Gasteiger partial charge on any atom is 0.416 e. The van der Waals surface area contributed by atoms with Gasteiger partial charge in [0.25, 0.3) is 0 Å². The van der Waals surface area contributed by atoms with Crippen molar-refractivity contribution in [2.45, 2.75) is 18.8 Å². The number of aromatic nitrogens is 5. The highest BCUT2D eigenvalue weighted by Crippen LogP contribution is 2.30. The summed E-state index contributed by atoms with van der Waals surface area (Å²) in [6, 6.07) is 8.84. The van der Waals surface area contributed by atoms with Gasteiger partial charge in [-0.05, 0) is 46.3 Å². The summed E-state index contributed by atoms with van der Waals surface area (Å²) in [5, 5.41) is 15.1. The van der Waals surface area contributed by atoms with E-state index >= 15 is 0 Å². The van der Waals surface area contributed by atoms with Gasteiger partial charge >= 0.3 is 6.18 Å². The molecule has 146 valence electrons. The summed E-state index contributed by atoms with van der Waals surface area (Å²) in [4.78, 5) is 6.43. The molecule has 4 rings (SSSR count). The third kappa shape index (κ3) is 3.87. The number of tetrazole rings is 1. The minimum atomic E-state index is -4.38. The van der Waals surface area contributed by atoms with Crippen molar-refractivity contribution in [2.24, 2.45) is 0 Å². The van der Waals surface area contributed by atoms with Crippen molar-refractivity contribution in [2.75, 3.05) is 19.6 Å². The van der Waals surface area contributed by atoms with E-state index in [-0.39, 0.29) is 6.04 Å². The molecule has 0 bridgehead atoms. The number of nitrogens with zero attached hydrogens (tertiary/aromatic N) is 6. The first kappa shape index (κ1) is 18.5. The second-order valence-electron chi connectivity index (χ2n) is 6.53. The summed E-state index contributed by atoms with van der Waals surface area (Å²) in [7, 11) is 0. The molecule has 3 heterocycles. The number of halogens is 3. The van der Waals surface area contributed by atoms with E-state index in [0.717, 1.165) is 37.3 Å². The molecule has 0 spiro atoms. The molecule has 1 N–H and O–H groups in total. The summed E-state index contributed by atoms with van der Waals surface area (Å²) in [5.74, 6) is 0.565. The Labute approximate surface area is 159 Å². The van der Waals surface area contributed by atoms with Crippen LogP contribution in [0.25, 0.3) is 5.69 Å². The van der Waals surface area contributed by atoms with Gasteiger partial charge in [0.2, 0.25) is 0 Å². The monoisotopic (exact) mass is 389 g/mol. The zero-order chi connectivity index (χ0) is 19.6. The molecule has 28 heavy (non-hydrogen) atoms. The van der Waals surface area contributed by atoms with E-state index in [1.165, 1.54) is 16.8 Å². The molecule has 1 aliphatic rings. The third-order valence-corrected chi connectivity index (χ3v) is 4.74. The van der Waals surface area contributed by atoms with Crippen LogP contribution >= 0.6 is 0 Å². The van der Waals surface area contributed by atoms with Crippen LogP contribution < -0.4 is 5.32 Å². The molecule has 7 nitrogen and oxygen atoms in total. The molecule has 2 aromatic heterocycles. The van der Waals surface area contributed by atoms with Gasteiger partial charge in [-0.25, -0.2) is 0 Å². The second kappa shape index (κ2) is 7.64. The smallest absolute Gasteiger partial charge is 0.314 e. The molecule has 0 saturated carbocycles. The van der Waals surface area contributed by atoms with E-state index in [4.69, 9.17) is 0 Å². The molecule has 1 atom stereocenters. The Hall–Kier alpha value is -2.85. The SMILES string of the molecule is FC(F)(F)c1ccc(-n2nnnc2CN2CCNCC2c2cccnc2)cc1. The Morgan fingerprint density at radius 2 is 1.96 bits per heavy atom. The predicted octanol–water partition coefficient (Wildman–Crippen LogP) is 2.22. The number of rotatable bonds is 4. The number of hydrogen-bond donors (Lipinski definition) is 1. The lowest BCUT2D eigenvalue weighted by atomic mass is 10.1. The van der Waals surface area contributed by atoms with Crippen molar-refractivity contribution in [3.8, 4) is 5.69 Å². The van der Waals surface area contributed by atoms with Crippen molar-refractivity contribution in [3.63, 3.8) is 0 Å². The van der Waals surface area contributed by atoms with Gasteiger partial charge in [0.05, 0.1) is 17.8 Å². The maximum atomic E-state index is 12.8. The number of piperazine rings is 1. The first-order valence-electron chi connectivity index (χ1n) is 8.82. The van der Waals surface area contributed by atoms with Gasteiger partial charge in [-0.3, -0.25) is 9.88 Å². The first-order valence-corrected chi connectivity index (χ1v) is 8.82. The molecule has 0 amide bonds. The number of nitrogens with one attached hydrogen (secondary N) is 1. The highest BCUT2D eigenvalue weighted by molar-refractivity contribution is 5.35. The topological polar surface area (TPSA) is 71.8 Å². The Bertz CT molecular complexity index is 909. The average Bonchev–Trinajstić information content (AvgIpc) is 3.17. The lowest BCUT2D eigenvalue weighted by Crippen LogP contribution is -2.45. The fourth-order valence-corrected chi connectivity index (χ4v) is 3.32. The highest BCUT2D eigenvalue weighted by Gasteiger charge is 2.30. The Balaban J connectivity index is 1.57. The van der Waals surface area contributed by atoms with Crippen LogP contribution in [0.2, 0.25) is 0 Å². The van der Waals surface area contributed by atoms with E-state index in [1.54, 1.807) is 6.20 Å². The summed E-state index contributed by atoms with van der Waals surface area (Å²) < 4.78 is 39.8. The normalized spacial score (nSPS) is 18.3. The summed E-state index contributed by atoms with van der Waals surface area (Å²) in [6.45, 7) is 2.86. The molecule has 1 aliphatic heterocycles. The largest absolute Gasteiger partial charge is 0.416 e. The van der Waals surface area contributed by atoms with Gasteiger partial charge in [0.15, 0.2) is 5.82 Å². The van der Waals surface area contributed by atoms with Crippen LogP contribution in [0.3, 0.4) is 0 Å². The minimum absolute atomic E-state index is 0.111. The summed E-state index contributed by atoms with van der Waals surface area (Å²) in [5.41, 5.74) is 0.869. The molecule has 1 fully saturated rings. The van der Waals surface area contributed by atoms with Crippen LogP contribution in [0.5, 0.6) is 0 Å². The molecular formula is C18H18F3N7. The second-order valence-corrected chi connectivity index (χ2v) is 6.53. The van der Waals surface area contributed by atoms with Gasteiger partial charge in [0, 0.05) is 38.1 Å². The van der Waals surface area contributed by atoms with Crippen molar-refractivity contribution in [3.05, 3.63) is 65.7 Å². The van der Waals surface area contributed by atoms with E-state index in [2.05, 4.69) is 30.7 Å². The van der Waals surface area contributed by atoms with Gasteiger partial charge in [-0.1, -0.05) is 6.07 Å². The fourth-order valence-electron chi connectivity index (χ4n) is 3.32. The molecular weight excluding hydrogens is 371 g/mol. The zero-order valence-electron chi connectivity index (χ0n) is 14.8. The van der Waals surface area contributed by atoms with Crippen LogP contribution in [0.15, 0.2) is 48.8 Å². The average molecular weight is 389 g/mol. The van der Waals surface area contributed by atoms with Crippen LogP contribution in [0, 0.1) is 0 Å². The van der Waals surface area contributed by atoms with Gasteiger partial charge in [-0.2, -0.15) is 17.9 Å². The highest BCUT2D eigenvalue weighted by atomic mass is 19.4. The Morgan fingerprint density at radius 1 is 1.14 bits per heavy atom. The van der Waals surface area contributed by atoms with Crippen LogP contribution in [0.4, 0.5) is 13.2 Å². The van der Waals surface area contributed by atoms with Crippen LogP contribution in [-0.4, -0.2) is 49.7 Å². The first-order chi connectivity index (χ1) is 13.5. The maximum absolute atomic E-state index is 12.8. The van der Waals surface area contributed by atoms with Crippen molar-refractivity contribution >= 4 is 0 Å². The standard InChI is InChI=1S/C18H18F3N7/c19-18(20,21)14-3-5-15(6-4-14)28-17(24-25-26-28)12-27-9-8-23-11-16(27)13-2-1-7-22-10-13/h1-7,10,16,23H,8-9,11-12H2. The number of hydrogen-bond acceptors (Lipinski definition) is 6. The molecule has 1 aromatic carbocycles. The zero-order valence-corrected chi connectivity index (χ0v) is 14.8.